The largest absolute Gasteiger partial charge is 0.422 e. The van der Waals surface area contributed by atoms with Crippen molar-refractivity contribution in [3.63, 3.8) is 0 Å². The minimum atomic E-state index is -0.344. The molecule has 2 rings (SSSR count). The molecule has 4 heteroatoms. The smallest absolute Gasteiger partial charge is 0.353 e. The average molecular weight is 233 g/mol. The summed E-state index contributed by atoms with van der Waals surface area (Å²) in [6.07, 6.45) is 0. The van der Waals surface area contributed by atoms with Gasteiger partial charge in [-0.15, -0.1) is 11.3 Å². The SMILES string of the molecule is Cc1c(N)cccc1OC(=O)c1cccs1. The summed E-state index contributed by atoms with van der Waals surface area (Å²) in [4.78, 5) is 12.3. The number of nitrogen functional groups attached to an aromatic ring is 1. The van der Waals surface area contributed by atoms with Gasteiger partial charge in [0.2, 0.25) is 0 Å². The quantitative estimate of drug-likeness (QED) is 0.493. The third kappa shape index (κ3) is 2.06. The lowest BCUT2D eigenvalue weighted by molar-refractivity contribution is 0.0739. The van der Waals surface area contributed by atoms with Crippen molar-refractivity contribution in [2.24, 2.45) is 0 Å². The van der Waals surface area contributed by atoms with Crippen LogP contribution in [0.2, 0.25) is 0 Å². The Labute approximate surface area is 97.5 Å². The molecule has 0 aliphatic heterocycles. The number of hydrogen-bond donors (Lipinski definition) is 1. The molecule has 82 valence electrons. The normalized spacial score (nSPS) is 10.1. The summed E-state index contributed by atoms with van der Waals surface area (Å²) in [5.41, 5.74) is 7.13. The van der Waals surface area contributed by atoms with E-state index < -0.39 is 0 Å². The molecule has 0 aliphatic rings. The predicted octanol–water partition coefficient (Wildman–Crippen LogP) is 2.86. The van der Waals surface area contributed by atoms with Crippen molar-refractivity contribution in [2.45, 2.75) is 6.92 Å². The molecule has 1 aromatic heterocycles. The molecule has 0 saturated heterocycles. The Morgan fingerprint density at radius 2 is 2.12 bits per heavy atom. The molecule has 0 fully saturated rings. The number of benzene rings is 1. The van der Waals surface area contributed by atoms with E-state index in [1.165, 1.54) is 11.3 Å². The summed E-state index contributed by atoms with van der Waals surface area (Å²) in [7, 11) is 0. The lowest BCUT2D eigenvalue weighted by Crippen LogP contribution is -2.07. The number of hydrogen-bond acceptors (Lipinski definition) is 4. The third-order valence-corrected chi connectivity index (χ3v) is 3.10. The minimum Gasteiger partial charge on any atom is -0.422 e. The van der Waals surface area contributed by atoms with E-state index in [1.54, 1.807) is 24.3 Å². The van der Waals surface area contributed by atoms with Crippen LogP contribution >= 0.6 is 11.3 Å². The highest BCUT2D eigenvalue weighted by Crippen LogP contribution is 2.24. The minimum absolute atomic E-state index is 0.344. The molecule has 2 N–H and O–H groups in total. The molecular formula is C12H11NO2S. The van der Waals surface area contributed by atoms with Gasteiger partial charge in [-0.1, -0.05) is 12.1 Å². The Morgan fingerprint density at radius 1 is 1.31 bits per heavy atom. The highest BCUT2D eigenvalue weighted by Gasteiger charge is 2.11. The monoisotopic (exact) mass is 233 g/mol. The predicted molar refractivity (Wildman–Crippen MR) is 64.9 cm³/mol. The first-order valence-electron chi connectivity index (χ1n) is 4.79. The zero-order valence-electron chi connectivity index (χ0n) is 8.77. The van der Waals surface area contributed by atoms with Crippen LogP contribution in [0.3, 0.4) is 0 Å². The zero-order chi connectivity index (χ0) is 11.5. The molecule has 0 unspecified atom stereocenters. The fourth-order valence-corrected chi connectivity index (χ4v) is 1.89. The first-order chi connectivity index (χ1) is 7.68. The summed E-state index contributed by atoms with van der Waals surface area (Å²) < 4.78 is 5.26. The van der Waals surface area contributed by atoms with Gasteiger partial charge in [0.05, 0.1) is 0 Å². The molecule has 0 amide bonds. The summed E-state index contributed by atoms with van der Waals surface area (Å²) in [5, 5.41) is 1.84. The molecule has 0 atom stereocenters. The van der Waals surface area contributed by atoms with E-state index >= 15 is 0 Å². The van der Waals surface area contributed by atoms with Crippen LogP contribution < -0.4 is 10.5 Å². The Balaban J connectivity index is 2.22. The van der Waals surface area contributed by atoms with Crippen LogP contribution in [0.1, 0.15) is 15.2 Å². The molecule has 1 aromatic carbocycles. The van der Waals surface area contributed by atoms with Gasteiger partial charge < -0.3 is 10.5 Å². The molecule has 0 radical (unpaired) electrons. The van der Waals surface area contributed by atoms with Gasteiger partial charge in [-0.05, 0) is 30.5 Å². The van der Waals surface area contributed by atoms with E-state index in [0.29, 0.717) is 16.3 Å². The molecule has 3 nitrogen and oxygen atoms in total. The van der Waals surface area contributed by atoms with E-state index in [0.717, 1.165) is 5.56 Å². The van der Waals surface area contributed by atoms with Crippen molar-refractivity contribution >= 4 is 23.0 Å². The molecule has 1 heterocycles. The van der Waals surface area contributed by atoms with E-state index in [4.69, 9.17) is 10.5 Å². The van der Waals surface area contributed by atoms with Gasteiger partial charge in [0.25, 0.3) is 0 Å². The van der Waals surface area contributed by atoms with Gasteiger partial charge in [0, 0.05) is 11.3 Å². The molecule has 0 saturated carbocycles. The van der Waals surface area contributed by atoms with Crippen LogP contribution in [0.4, 0.5) is 5.69 Å². The molecular weight excluding hydrogens is 222 g/mol. The van der Waals surface area contributed by atoms with Crippen molar-refractivity contribution < 1.29 is 9.53 Å². The van der Waals surface area contributed by atoms with Crippen molar-refractivity contribution in [3.8, 4) is 5.75 Å². The second kappa shape index (κ2) is 4.37. The third-order valence-electron chi connectivity index (χ3n) is 2.25. The summed E-state index contributed by atoms with van der Waals surface area (Å²) in [6.45, 7) is 1.83. The Morgan fingerprint density at radius 3 is 2.81 bits per heavy atom. The van der Waals surface area contributed by atoms with E-state index in [9.17, 15) is 4.79 Å². The van der Waals surface area contributed by atoms with Gasteiger partial charge in [-0.3, -0.25) is 0 Å². The fourth-order valence-electron chi connectivity index (χ4n) is 1.29. The summed E-state index contributed by atoms with van der Waals surface area (Å²) in [5.74, 6) is 0.169. The number of carbonyl (C=O) groups is 1. The Hall–Kier alpha value is -1.81. The first kappa shape index (κ1) is 10.7. The van der Waals surface area contributed by atoms with Gasteiger partial charge in [0.1, 0.15) is 10.6 Å². The maximum absolute atomic E-state index is 11.7. The zero-order valence-corrected chi connectivity index (χ0v) is 9.58. The number of carbonyl (C=O) groups excluding carboxylic acids is 1. The van der Waals surface area contributed by atoms with Crippen LogP contribution in [0.15, 0.2) is 35.7 Å². The van der Waals surface area contributed by atoms with Crippen molar-refractivity contribution in [2.75, 3.05) is 5.73 Å². The lowest BCUT2D eigenvalue weighted by atomic mass is 10.2. The Bertz CT molecular complexity index is 506. The van der Waals surface area contributed by atoms with Crippen molar-refractivity contribution in [3.05, 3.63) is 46.2 Å². The van der Waals surface area contributed by atoms with Gasteiger partial charge in [-0.25, -0.2) is 4.79 Å². The van der Waals surface area contributed by atoms with Crippen molar-refractivity contribution in [1.29, 1.82) is 0 Å². The van der Waals surface area contributed by atoms with E-state index in [1.807, 2.05) is 18.4 Å². The van der Waals surface area contributed by atoms with Crippen LogP contribution in [0.5, 0.6) is 5.75 Å². The molecule has 2 aromatic rings. The maximum atomic E-state index is 11.7. The molecule has 0 bridgehead atoms. The van der Waals surface area contributed by atoms with Crippen molar-refractivity contribution in [1.82, 2.24) is 0 Å². The summed E-state index contributed by atoms with van der Waals surface area (Å²) in [6, 6.07) is 8.82. The number of rotatable bonds is 2. The van der Waals surface area contributed by atoms with Crippen LogP contribution in [0.25, 0.3) is 0 Å². The Kier molecular flexibility index (Phi) is 2.92. The number of thiophene rings is 1. The molecule has 0 spiro atoms. The number of esters is 1. The standard InChI is InChI=1S/C12H11NO2S/c1-8-9(13)4-2-5-10(8)15-12(14)11-6-3-7-16-11/h2-7H,13H2,1H3. The fraction of sp³-hybridized carbons (Fsp3) is 0.0833. The highest BCUT2D eigenvalue weighted by atomic mass is 32.1. The van der Waals surface area contributed by atoms with E-state index in [-0.39, 0.29) is 5.97 Å². The number of anilines is 1. The maximum Gasteiger partial charge on any atom is 0.353 e. The lowest BCUT2D eigenvalue weighted by Gasteiger charge is -2.07. The molecule has 0 aliphatic carbocycles. The number of nitrogens with two attached hydrogens (primary N) is 1. The first-order valence-corrected chi connectivity index (χ1v) is 5.67. The van der Waals surface area contributed by atoms with Crippen LogP contribution in [-0.2, 0) is 0 Å². The number of ether oxygens (including phenoxy) is 1. The van der Waals surface area contributed by atoms with Gasteiger partial charge in [-0.2, -0.15) is 0 Å². The second-order valence-corrected chi connectivity index (χ2v) is 4.28. The highest BCUT2D eigenvalue weighted by molar-refractivity contribution is 7.12. The van der Waals surface area contributed by atoms with Gasteiger partial charge >= 0.3 is 5.97 Å². The van der Waals surface area contributed by atoms with Crippen LogP contribution in [0, 0.1) is 6.92 Å². The second-order valence-electron chi connectivity index (χ2n) is 3.34. The van der Waals surface area contributed by atoms with E-state index in [2.05, 4.69) is 0 Å². The van der Waals surface area contributed by atoms with Gasteiger partial charge in [0.15, 0.2) is 0 Å². The average Bonchev–Trinajstić information content (AvgIpc) is 2.78. The topological polar surface area (TPSA) is 52.3 Å². The van der Waals surface area contributed by atoms with Crippen LogP contribution in [-0.4, -0.2) is 5.97 Å². The summed E-state index contributed by atoms with van der Waals surface area (Å²) >= 11 is 1.35. The molecule has 16 heavy (non-hydrogen) atoms.